The predicted octanol–water partition coefficient (Wildman–Crippen LogP) is 4.66. The molecule has 0 spiro atoms. The summed E-state index contributed by atoms with van der Waals surface area (Å²) in [6.07, 6.45) is 0.815. The summed E-state index contributed by atoms with van der Waals surface area (Å²) in [5.41, 5.74) is 7.98. The lowest BCUT2D eigenvalue weighted by Crippen LogP contribution is -2.48. The van der Waals surface area contributed by atoms with E-state index in [2.05, 4.69) is 34.6 Å². The monoisotopic (exact) mass is 369 g/mol. The number of nitrogens with zero attached hydrogens (tertiary/aromatic N) is 1. The van der Waals surface area contributed by atoms with Crippen molar-refractivity contribution in [3.63, 3.8) is 0 Å². The molecular weight excluding hydrogens is 338 g/mol. The fourth-order valence-corrected chi connectivity index (χ4v) is 4.10. The average Bonchev–Trinajstić information content (AvgIpc) is 3.09. The van der Waals surface area contributed by atoms with Gasteiger partial charge in [0.1, 0.15) is 5.76 Å². The SMILES string of the molecule is Cc1c(C)c(C)c(Cc2ccc(C(=O)N3C[C@@H](C)O[C@@H](C)C3)o2)c(C)c1C. The molecule has 0 saturated carbocycles. The van der Waals surface area contributed by atoms with Crippen LogP contribution >= 0.6 is 0 Å². The molecular formula is C23H31NO3. The van der Waals surface area contributed by atoms with Crippen molar-refractivity contribution in [2.24, 2.45) is 0 Å². The van der Waals surface area contributed by atoms with Gasteiger partial charge in [-0.1, -0.05) is 0 Å². The number of hydrogen-bond donors (Lipinski definition) is 0. The normalized spacial score (nSPS) is 20.2. The molecule has 0 bridgehead atoms. The fourth-order valence-electron chi connectivity index (χ4n) is 4.10. The number of furan rings is 1. The molecule has 1 aliphatic rings. The highest BCUT2D eigenvalue weighted by atomic mass is 16.5. The van der Waals surface area contributed by atoms with E-state index >= 15 is 0 Å². The molecule has 27 heavy (non-hydrogen) atoms. The first-order chi connectivity index (χ1) is 12.7. The number of benzene rings is 1. The van der Waals surface area contributed by atoms with Crippen molar-refractivity contribution in [1.82, 2.24) is 4.90 Å². The van der Waals surface area contributed by atoms with E-state index in [4.69, 9.17) is 9.15 Å². The van der Waals surface area contributed by atoms with Crippen LogP contribution in [0.4, 0.5) is 0 Å². The lowest BCUT2D eigenvalue weighted by atomic mass is 9.88. The number of amides is 1. The van der Waals surface area contributed by atoms with Crippen LogP contribution in [0.25, 0.3) is 0 Å². The van der Waals surface area contributed by atoms with Gasteiger partial charge in [-0.2, -0.15) is 0 Å². The van der Waals surface area contributed by atoms with Crippen LogP contribution in [0.5, 0.6) is 0 Å². The number of carbonyl (C=O) groups excluding carboxylic acids is 1. The van der Waals surface area contributed by atoms with Gasteiger partial charge in [0.05, 0.1) is 12.2 Å². The minimum absolute atomic E-state index is 0.0482. The molecule has 2 aromatic rings. The van der Waals surface area contributed by atoms with E-state index in [-0.39, 0.29) is 18.1 Å². The Balaban J connectivity index is 1.82. The molecule has 3 rings (SSSR count). The molecule has 146 valence electrons. The highest BCUT2D eigenvalue weighted by molar-refractivity contribution is 5.91. The summed E-state index contributed by atoms with van der Waals surface area (Å²) in [7, 11) is 0. The minimum Gasteiger partial charge on any atom is -0.456 e. The molecule has 4 nitrogen and oxygen atoms in total. The highest BCUT2D eigenvalue weighted by Crippen LogP contribution is 2.28. The third-order valence-corrected chi connectivity index (χ3v) is 6.09. The largest absolute Gasteiger partial charge is 0.456 e. The third-order valence-electron chi connectivity index (χ3n) is 6.09. The van der Waals surface area contributed by atoms with Gasteiger partial charge >= 0.3 is 0 Å². The van der Waals surface area contributed by atoms with E-state index < -0.39 is 0 Å². The van der Waals surface area contributed by atoms with E-state index in [0.717, 1.165) is 5.76 Å². The van der Waals surface area contributed by atoms with Crippen LogP contribution < -0.4 is 0 Å². The molecule has 0 radical (unpaired) electrons. The standard InChI is InChI=1S/C23H31NO3/c1-13-11-24(12-14(2)26-13)23(25)22-9-8-20(27-22)10-21-18(6)16(4)15(3)17(5)19(21)7/h8-9,13-14H,10-12H2,1-7H3/t13-,14+. The number of carbonyl (C=O) groups is 1. The molecule has 0 unspecified atom stereocenters. The lowest BCUT2D eigenvalue weighted by molar-refractivity contribution is -0.0592. The summed E-state index contributed by atoms with van der Waals surface area (Å²) in [6, 6.07) is 3.74. The van der Waals surface area contributed by atoms with Gasteiger partial charge in [0, 0.05) is 19.5 Å². The van der Waals surface area contributed by atoms with Crippen LogP contribution in [0.15, 0.2) is 16.5 Å². The minimum atomic E-state index is -0.0482. The molecule has 1 aromatic heterocycles. The number of morpholine rings is 1. The zero-order valence-corrected chi connectivity index (χ0v) is 17.6. The third kappa shape index (κ3) is 3.81. The topological polar surface area (TPSA) is 42.7 Å². The lowest BCUT2D eigenvalue weighted by Gasteiger charge is -2.34. The maximum absolute atomic E-state index is 12.8. The molecule has 1 fully saturated rings. The summed E-state index contributed by atoms with van der Waals surface area (Å²) in [5.74, 6) is 1.21. The Morgan fingerprint density at radius 2 is 1.44 bits per heavy atom. The van der Waals surface area contributed by atoms with Gasteiger partial charge < -0.3 is 14.1 Å². The quantitative estimate of drug-likeness (QED) is 0.790. The van der Waals surface area contributed by atoms with Gasteiger partial charge in [-0.3, -0.25) is 4.79 Å². The molecule has 4 heteroatoms. The maximum atomic E-state index is 12.8. The molecule has 1 aliphatic heterocycles. The van der Waals surface area contributed by atoms with E-state index in [9.17, 15) is 4.79 Å². The Hall–Kier alpha value is -2.07. The first kappa shape index (κ1) is 19.7. The van der Waals surface area contributed by atoms with Crippen LogP contribution in [0, 0.1) is 34.6 Å². The Morgan fingerprint density at radius 1 is 0.926 bits per heavy atom. The van der Waals surface area contributed by atoms with Gasteiger partial charge in [0.15, 0.2) is 5.76 Å². The van der Waals surface area contributed by atoms with Gasteiger partial charge in [-0.25, -0.2) is 0 Å². The van der Waals surface area contributed by atoms with Crippen LogP contribution in [-0.4, -0.2) is 36.1 Å². The molecule has 1 aromatic carbocycles. The van der Waals surface area contributed by atoms with Gasteiger partial charge in [-0.05, 0) is 94.0 Å². The number of ether oxygens (including phenoxy) is 1. The molecule has 0 N–H and O–H groups in total. The number of hydrogen-bond acceptors (Lipinski definition) is 3. The molecule has 2 heterocycles. The average molecular weight is 370 g/mol. The number of rotatable bonds is 3. The van der Waals surface area contributed by atoms with E-state index in [1.165, 1.54) is 33.4 Å². The molecule has 1 amide bonds. The predicted molar refractivity (Wildman–Crippen MR) is 108 cm³/mol. The maximum Gasteiger partial charge on any atom is 0.289 e. The Bertz CT molecular complexity index is 826. The van der Waals surface area contributed by atoms with Gasteiger partial charge in [0.25, 0.3) is 5.91 Å². The van der Waals surface area contributed by atoms with Crippen molar-refractivity contribution in [1.29, 1.82) is 0 Å². The van der Waals surface area contributed by atoms with Crippen LogP contribution in [0.3, 0.4) is 0 Å². The zero-order valence-electron chi connectivity index (χ0n) is 17.6. The summed E-state index contributed by atoms with van der Waals surface area (Å²) >= 11 is 0. The summed E-state index contributed by atoms with van der Waals surface area (Å²) in [4.78, 5) is 14.7. The molecule has 1 saturated heterocycles. The Morgan fingerprint density at radius 3 is 2.00 bits per heavy atom. The summed E-state index contributed by atoms with van der Waals surface area (Å²) in [5, 5.41) is 0. The molecule has 0 aliphatic carbocycles. The van der Waals surface area contributed by atoms with Crippen molar-refractivity contribution < 1.29 is 13.9 Å². The second kappa shape index (κ2) is 7.51. The van der Waals surface area contributed by atoms with E-state index in [1.807, 2.05) is 24.8 Å². The Labute approximate surface area is 162 Å². The van der Waals surface area contributed by atoms with Crippen molar-refractivity contribution in [3.05, 3.63) is 57.0 Å². The van der Waals surface area contributed by atoms with Crippen molar-refractivity contribution in [2.75, 3.05) is 13.1 Å². The fraction of sp³-hybridized carbons (Fsp3) is 0.522. The van der Waals surface area contributed by atoms with Crippen molar-refractivity contribution in [3.8, 4) is 0 Å². The van der Waals surface area contributed by atoms with E-state index in [1.54, 1.807) is 6.07 Å². The second-order valence-electron chi connectivity index (χ2n) is 8.01. The van der Waals surface area contributed by atoms with Crippen molar-refractivity contribution in [2.45, 2.75) is 67.1 Å². The van der Waals surface area contributed by atoms with E-state index in [0.29, 0.717) is 25.3 Å². The smallest absolute Gasteiger partial charge is 0.289 e. The summed E-state index contributed by atoms with van der Waals surface area (Å²) < 4.78 is 11.7. The highest BCUT2D eigenvalue weighted by Gasteiger charge is 2.28. The zero-order chi connectivity index (χ0) is 19.9. The van der Waals surface area contributed by atoms with Crippen LogP contribution in [-0.2, 0) is 11.2 Å². The Kier molecular flexibility index (Phi) is 5.48. The molecule has 2 atom stereocenters. The first-order valence-electron chi connectivity index (χ1n) is 9.78. The van der Waals surface area contributed by atoms with Crippen LogP contribution in [0.1, 0.15) is 63.5 Å². The van der Waals surface area contributed by atoms with Crippen LogP contribution in [0.2, 0.25) is 0 Å². The first-order valence-corrected chi connectivity index (χ1v) is 9.78. The van der Waals surface area contributed by atoms with Crippen molar-refractivity contribution >= 4 is 5.91 Å². The summed E-state index contributed by atoms with van der Waals surface area (Å²) in [6.45, 7) is 16.1. The van der Waals surface area contributed by atoms with Gasteiger partial charge in [0.2, 0.25) is 0 Å². The van der Waals surface area contributed by atoms with Gasteiger partial charge in [-0.15, -0.1) is 0 Å². The second-order valence-corrected chi connectivity index (χ2v) is 8.01.